The summed E-state index contributed by atoms with van der Waals surface area (Å²) >= 11 is 0. The zero-order valence-electron chi connectivity index (χ0n) is 10.4. The quantitative estimate of drug-likeness (QED) is 0.433. The molecule has 0 aliphatic carbocycles. The molecule has 2 saturated heterocycles. The predicted octanol–water partition coefficient (Wildman–Crippen LogP) is 1.22. The molecule has 2 aliphatic rings. The van der Waals surface area contributed by atoms with Crippen LogP contribution in [0.2, 0.25) is 0 Å². The number of hydrogen-bond acceptors (Lipinski definition) is 2. The van der Waals surface area contributed by atoms with Gasteiger partial charge in [-0.15, -0.1) is 0 Å². The molecule has 0 radical (unpaired) electrons. The minimum absolute atomic E-state index is 0.305. The average Bonchev–Trinajstić information content (AvgIpc) is 2.91. The molecule has 4 nitrogen and oxygen atoms in total. The summed E-state index contributed by atoms with van der Waals surface area (Å²) in [6.07, 6.45) is 4.67. The Morgan fingerprint density at radius 2 is 2.35 bits per heavy atom. The number of ether oxygens (including phenoxy) is 1. The number of alkyl halides is 1. The second-order valence-corrected chi connectivity index (χ2v) is 4.66. The molecule has 0 spiro atoms. The van der Waals surface area contributed by atoms with Crippen molar-refractivity contribution in [3.05, 3.63) is 0 Å². The first-order chi connectivity index (χ1) is 8.33. The molecule has 3 unspecified atom stereocenters. The Morgan fingerprint density at radius 3 is 2.94 bits per heavy atom. The van der Waals surface area contributed by atoms with Gasteiger partial charge >= 0.3 is 0 Å². The van der Waals surface area contributed by atoms with Gasteiger partial charge in [0.25, 0.3) is 0 Å². The Balaban J connectivity index is 1.82. The van der Waals surface area contributed by atoms with Crippen molar-refractivity contribution in [1.29, 1.82) is 0 Å². The van der Waals surface area contributed by atoms with E-state index in [0.29, 0.717) is 31.2 Å². The first-order valence-corrected chi connectivity index (χ1v) is 6.59. The van der Waals surface area contributed by atoms with E-state index in [2.05, 4.69) is 15.6 Å². The van der Waals surface area contributed by atoms with Crippen molar-refractivity contribution < 1.29 is 9.13 Å². The van der Waals surface area contributed by atoms with Crippen LogP contribution >= 0.6 is 0 Å². The Morgan fingerprint density at radius 1 is 1.47 bits per heavy atom. The van der Waals surface area contributed by atoms with E-state index < -0.39 is 0 Å². The summed E-state index contributed by atoms with van der Waals surface area (Å²) in [6.45, 7) is 3.08. The molecule has 2 fully saturated rings. The van der Waals surface area contributed by atoms with Crippen molar-refractivity contribution in [2.24, 2.45) is 4.99 Å². The monoisotopic (exact) mass is 243 g/mol. The fourth-order valence-electron chi connectivity index (χ4n) is 2.54. The molecule has 3 atom stereocenters. The van der Waals surface area contributed by atoms with Gasteiger partial charge in [0.15, 0.2) is 5.96 Å². The summed E-state index contributed by atoms with van der Waals surface area (Å²) < 4.78 is 17.8. The van der Waals surface area contributed by atoms with Crippen molar-refractivity contribution in [1.82, 2.24) is 10.6 Å². The van der Waals surface area contributed by atoms with Crippen LogP contribution in [-0.4, -0.2) is 44.0 Å². The third-order valence-corrected chi connectivity index (χ3v) is 3.33. The van der Waals surface area contributed by atoms with Crippen molar-refractivity contribution in [2.75, 3.05) is 19.8 Å². The first-order valence-electron chi connectivity index (χ1n) is 6.59. The predicted molar refractivity (Wildman–Crippen MR) is 66.0 cm³/mol. The molecule has 17 heavy (non-hydrogen) atoms. The van der Waals surface area contributed by atoms with Crippen LogP contribution in [0.5, 0.6) is 0 Å². The third kappa shape index (κ3) is 3.31. The molecule has 2 rings (SSSR count). The zero-order valence-corrected chi connectivity index (χ0v) is 10.4. The number of fused-ring (bicyclic) bond motifs is 2. The summed E-state index contributed by atoms with van der Waals surface area (Å²) in [5.74, 6) is 0.794. The highest BCUT2D eigenvalue weighted by molar-refractivity contribution is 5.80. The van der Waals surface area contributed by atoms with Crippen LogP contribution in [0.15, 0.2) is 4.99 Å². The van der Waals surface area contributed by atoms with Gasteiger partial charge in [-0.25, -0.2) is 0 Å². The molecule has 0 aromatic rings. The van der Waals surface area contributed by atoms with E-state index in [0.717, 1.165) is 25.3 Å². The molecule has 2 bridgehead atoms. The number of aliphatic imine (C=N–C) groups is 1. The van der Waals surface area contributed by atoms with E-state index in [1.54, 1.807) is 0 Å². The summed E-state index contributed by atoms with van der Waals surface area (Å²) in [5.41, 5.74) is 0. The molecule has 2 aliphatic heterocycles. The molecule has 0 aromatic carbocycles. The van der Waals surface area contributed by atoms with E-state index in [4.69, 9.17) is 4.74 Å². The van der Waals surface area contributed by atoms with Gasteiger partial charge in [0.1, 0.15) is 0 Å². The van der Waals surface area contributed by atoms with E-state index in [1.807, 2.05) is 6.92 Å². The van der Waals surface area contributed by atoms with Gasteiger partial charge < -0.3 is 15.4 Å². The lowest BCUT2D eigenvalue weighted by atomic mass is 9.96. The Bertz CT molecular complexity index is 272. The highest BCUT2D eigenvalue weighted by atomic mass is 19.1. The van der Waals surface area contributed by atoms with Crippen molar-refractivity contribution in [2.45, 2.75) is 50.9 Å². The Hall–Kier alpha value is -0.840. The standard InChI is InChI=1S/C12H22FN3O/c1-2-14-12(15-7-3-6-13)16-10-8-9-4-5-11(10)17-9/h9-11H,2-8H2,1H3,(H2,14,15,16). The van der Waals surface area contributed by atoms with E-state index >= 15 is 0 Å². The minimum atomic E-state index is -0.305. The van der Waals surface area contributed by atoms with E-state index in [-0.39, 0.29) is 6.67 Å². The van der Waals surface area contributed by atoms with Crippen LogP contribution in [0.4, 0.5) is 4.39 Å². The highest BCUT2D eigenvalue weighted by Gasteiger charge is 2.41. The van der Waals surface area contributed by atoms with Crippen LogP contribution in [-0.2, 0) is 4.74 Å². The molecule has 0 amide bonds. The molecule has 5 heteroatoms. The van der Waals surface area contributed by atoms with Gasteiger partial charge in [-0.05, 0) is 32.6 Å². The zero-order chi connectivity index (χ0) is 12.1. The number of rotatable bonds is 5. The molecule has 2 N–H and O–H groups in total. The summed E-state index contributed by atoms with van der Waals surface area (Å²) in [6, 6.07) is 0.372. The maximum absolute atomic E-state index is 12.0. The Labute approximate surface area is 102 Å². The second-order valence-electron chi connectivity index (χ2n) is 4.66. The molecular weight excluding hydrogens is 221 g/mol. The van der Waals surface area contributed by atoms with E-state index in [9.17, 15) is 4.39 Å². The van der Waals surface area contributed by atoms with Crippen LogP contribution in [0, 0.1) is 0 Å². The molecule has 0 saturated carbocycles. The van der Waals surface area contributed by atoms with Crippen LogP contribution in [0.25, 0.3) is 0 Å². The number of nitrogens with zero attached hydrogens (tertiary/aromatic N) is 1. The lowest BCUT2D eigenvalue weighted by Gasteiger charge is -2.22. The highest BCUT2D eigenvalue weighted by Crippen LogP contribution is 2.34. The maximum Gasteiger partial charge on any atom is 0.191 e. The largest absolute Gasteiger partial charge is 0.373 e. The lowest BCUT2D eigenvalue weighted by molar-refractivity contribution is 0.0992. The average molecular weight is 243 g/mol. The fraction of sp³-hybridized carbons (Fsp3) is 0.917. The minimum Gasteiger partial charge on any atom is -0.373 e. The summed E-state index contributed by atoms with van der Waals surface area (Å²) in [4.78, 5) is 4.35. The van der Waals surface area contributed by atoms with Gasteiger partial charge in [0.05, 0.1) is 24.9 Å². The number of hydrogen-bond donors (Lipinski definition) is 2. The van der Waals surface area contributed by atoms with Crippen molar-refractivity contribution in [3.63, 3.8) is 0 Å². The number of nitrogens with one attached hydrogen (secondary N) is 2. The van der Waals surface area contributed by atoms with Crippen LogP contribution < -0.4 is 10.6 Å². The molecule has 2 heterocycles. The normalized spacial score (nSPS) is 31.9. The van der Waals surface area contributed by atoms with Gasteiger partial charge in [-0.2, -0.15) is 0 Å². The van der Waals surface area contributed by atoms with Gasteiger partial charge in [0.2, 0.25) is 0 Å². The Kier molecular flexibility index (Phi) is 4.59. The summed E-state index contributed by atoms with van der Waals surface area (Å²) in [7, 11) is 0. The third-order valence-electron chi connectivity index (χ3n) is 3.33. The molecule has 98 valence electrons. The molecular formula is C12H22FN3O. The first kappa shape index (κ1) is 12.6. The van der Waals surface area contributed by atoms with Crippen molar-refractivity contribution >= 4 is 5.96 Å². The SMILES string of the molecule is CCNC(=NCCCF)NC1CC2CCC1O2. The maximum atomic E-state index is 12.0. The smallest absolute Gasteiger partial charge is 0.191 e. The second kappa shape index (κ2) is 6.19. The van der Waals surface area contributed by atoms with Gasteiger partial charge in [0, 0.05) is 13.1 Å². The van der Waals surface area contributed by atoms with Gasteiger partial charge in [-0.3, -0.25) is 9.38 Å². The van der Waals surface area contributed by atoms with E-state index in [1.165, 1.54) is 6.42 Å². The topological polar surface area (TPSA) is 45.7 Å². The van der Waals surface area contributed by atoms with Gasteiger partial charge in [-0.1, -0.05) is 0 Å². The molecule has 0 aromatic heterocycles. The lowest BCUT2D eigenvalue weighted by Crippen LogP contribution is -2.47. The van der Waals surface area contributed by atoms with Crippen LogP contribution in [0.3, 0.4) is 0 Å². The summed E-state index contributed by atoms with van der Waals surface area (Å²) in [5, 5.41) is 6.59. The van der Waals surface area contributed by atoms with Crippen molar-refractivity contribution in [3.8, 4) is 0 Å². The fourth-order valence-corrected chi connectivity index (χ4v) is 2.54. The number of guanidine groups is 1. The van der Waals surface area contributed by atoms with Crippen LogP contribution in [0.1, 0.15) is 32.6 Å². The number of halogens is 1.